The van der Waals surface area contributed by atoms with Gasteiger partial charge in [-0.1, -0.05) is 6.07 Å². The Labute approximate surface area is 197 Å². The van der Waals surface area contributed by atoms with Crippen LogP contribution < -0.4 is 4.90 Å². The van der Waals surface area contributed by atoms with Crippen molar-refractivity contribution in [3.8, 4) is 0 Å². The molecule has 34 heavy (non-hydrogen) atoms. The first-order valence-electron chi connectivity index (χ1n) is 10.3. The highest BCUT2D eigenvalue weighted by atomic mass is 32.2. The summed E-state index contributed by atoms with van der Waals surface area (Å²) in [5, 5.41) is 11.6. The van der Waals surface area contributed by atoms with Crippen LogP contribution in [0.2, 0.25) is 0 Å². The number of nitro groups is 1. The van der Waals surface area contributed by atoms with E-state index in [1.807, 2.05) is 0 Å². The van der Waals surface area contributed by atoms with Gasteiger partial charge >= 0.3 is 6.09 Å². The molecule has 1 atom stereocenters. The highest BCUT2D eigenvalue weighted by Crippen LogP contribution is 2.37. The number of carbonyl (C=O) groups is 1. The van der Waals surface area contributed by atoms with Gasteiger partial charge in [-0.15, -0.1) is 0 Å². The third kappa shape index (κ3) is 4.68. The average Bonchev–Trinajstić information content (AvgIpc) is 3.20. The van der Waals surface area contributed by atoms with Crippen molar-refractivity contribution in [1.29, 1.82) is 0 Å². The number of benzene rings is 2. The van der Waals surface area contributed by atoms with E-state index in [1.165, 1.54) is 12.1 Å². The summed E-state index contributed by atoms with van der Waals surface area (Å²) in [5.41, 5.74) is 0.182. The molecule has 0 aromatic heterocycles. The van der Waals surface area contributed by atoms with Crippen LogP contribution in [0, 0.1) is 15.9 Å². The number of nitrogens with zero attached hydrogens (tertiary/aromatic N) is 2. The number of rotatable bonds is 6. The summed E-state index contributed by atoms with van der Waals surface area (Å²) in [6.45, 7) is -0.128. The van der Waals surface area contributed by atoms with Crippen LogP contribution in [0.25, 0.3) is 0 Å². The van der Waals surface area contributed by atoms with Crippen LogP contribution >= 0.6 is 0 Å². The van der Waals surface area contributed by atoms with E-state index in [9.17, 15) is 31.9 Å². The first kappa shape index (κ1) is 24.2. The van der Waals surface area contributed by atoms with Gasteiger partial charge in [0.05, 0.1) is 29.8 Å². The molecule has 0 bridgehead atoms. The highest BCUT2D eigenvalue weighted by Gasteiger charge is 2.38. The van der Waals surface area contributed by atoms with Gasteiger partial charge in [0.2, 0.25) is 0 Å². The number of carbonyl (C=O) groups excluding carboxylic acids is 1. The van der Waals surface area contributed by atoms with Gasteiger partial charge in [0.25, 0.3) is 15.8 Å². The van der Waals surface area contributed by atoms with E-state index in [4.69, 9.17) is 4.74 Å². The lowest BCUT2D eigenvalue weighted by Crippen LogP contribution is -2.24. The van der Waals surface area contributed by atoms with Crippen LogP contribution in [-0.2, 0) is 29.8 Å². The molecule has 1 amide bonds. The second-order valence-corrected chi connectivity index (χ2v) is 11.3. The standard InChI is InChI=1S/C21H21FN2O8S2/c1-31-34(29,30)15-3-5-17(19(11-15)24(26)27)20-12-23(21(25)32-20)14-2-4-16(18(22)10-14)13-6-8-33(28)9-7-13/h2-5,10-11,13,20H,6-9,12H2,1H3. The fourth-order valence-electron chi connectivity index (χ4n) is 4.16. The third-order valence-corrected chi connectivity index (χ3v) is 8.64. The Balaban J connectivity index is 1.58. The van der Waals surface area contributed by atoms with Gasteiger partial charge in [0.1, 0.15) is 10.7 Å². The number of halogens is 1. The maximum atomic E-state index is 14.9. The lowest BCUT2D eigenvalue weighted by atomic mass is 9.93. The lowest BCUT2D eigenvalue weighted by molar-refractivity contribution is -0.386. The maximum absolute atomic E-state index is 14.9. The predicted molar refractivity (Wildman–Crippen MR) is 120 cm³/mol. The maximum Gasteiger partial charge on any atom is 0.415 e. The zero-order valence-corrected chi connectivity index (χ0v) is 19.6. The van der Waals surface area contributed by atoms with Gasteiger partial charge in [-0.25, -0.2) is 9.18 Å². The van der Waals surface area contributed by atoms with E-state index in [2.05, 4.69) is 4.18 Å². The molecule has 4 rings (SSSR count). The summed E-state index contributed by atoms with van der Waals surface area (Å²) in [6, 6.07) is 7.56. The fraction of sp³-hybridized carbons (Fsp3) is 0.381. The summed E-state index contributed by atoms with van der Waals surface area (Å²) < 4.78 is 59.9. The molecule has 13 heteroatoms. The van der Waals surface area contributed by atoms with Crippen LogP contribution in [0.4, 0.5) is 20.6 Å². The largest absolute Gasteiger partial charge is 0.439 e. The Morgan fingerprint density at radius 2 is 1.85 bits per heavy atom. The Morgan fingerprint density at radius 1 is 1.18 bits per heavy atom. The molecule has 0 radical (unpaired) electrons. The van der Waals surface area contributed by atoms with Crippen molar-refractivity contribution < 1.29 is 35.7 Å². The molecule has 0 aliphatic carbocycles. The summed E-state index contributed by atoms with van der Waals surface area (Å²) in [5.74, 6) is 0.505. The van der Waals surface area contributed by atoms with Crippen LogP contribution in [0.5, 0.6) is 0 Å². The second kappa shape index (κ2) is 9.39. The van der Waals surface area contributed by atoms with E-state index in [-0.39, 0.29) is 23.7 Å². The van der Waals surface area contributed by atoms with Crippen LogP contribution in [0.3, 0.4) is 0 Å². The van der Waals surface area contributed by atoms with E-state index in [0.29, 0.717) is 29.9 Å². The van der Waals surface area contributed by atoms with E-state index in [1.54, 1.807) is 12.1 Å². The minimum absolute atomic E-state index is 0.00296. The first-order valence-corrected chi connectivity index (χ1v) is 13.2. The molecule has 2 aromatic carbocycles. The molecule has 2 aromatic rings. The molecule has 0 spiro atoms. The summed E-state index contributed by atoms with van der Waals surface area (Å²) in [4.78, 5) is 24.1. The SMILES string of the molecule is COS(=O)(=O)c1ccc(C2CN(c3ccc(C4CCS(=O)CC4)c(F)c3)C(=O)O2)c([N+](=O)[O-])c1. The third-order valence-electron chi connectivity index (χ3n) is 5.99. The minimum atomic E-state index is -4.16. The Hall–Kier alpha value is -2.90. The van der Waals surface area contributed by atoms with Crippen molar-refractivity contribution in [2.24, 2.45) is 0 Å². The topological polar surface area (TPSA) is 133 Å². The number of hydrogen-bond acceptors (Lipinski definition) is 8. The van der Waals surface area contributed by atoms with Crippen molar-refractivity contribution in [2.45, 2.75) is 29.8 Å². The van der Waals surface area contributed by atoms with Crippen LogP contribution in [0.1, 0.15) is 36.0 Å². The van der Waals surface area contributed by atoms with Gasteiger partial charge in [-0.3, -0.25) is 23.4 Å². The second-order valence-electron chi connectivity index (χ2n) is 7.91. The van der Waals surface area contributed by atoms with Crippen LogP contribution in [-0.4, -0.2) is 48.8 Å². The van der Waals surface area contributed by atoms with Crippen molar-refractivity contribution in [2.75, 3.05) is 30.1 Å². The number of anilines is 1. The number of hydrogen-bond donors (Lipinski definition) is 0. The molecule has 10 nitrogen and oxygen atoms in total. The molecule has 0 saturated carbocycles. The zero-order chi connectivity index (χ0) is 24.6. The summed E-state index contributed by atoms with van der Waals surface area (Å²) >= 11 is 0. The fourth-order valence-corrected chi connectivity index (χ4v) is 6.14. The average molecular weight is 513 g/mol. The molecular weight excluding hydrogens is 491 g/mol. The van der Waals surface area contributed by atoms with Gasteiger partial charge in [0.15, 0.2) is 6.10 Å². The lowest BCUT2D eigenvalue weighted by Gasteiger charge is -2.23. The molecule has 2 fully saturated rings. The number of ether oxygens (including phenoxy) is 1. The minimum Gasteiger partial charge on any atom is -0.439 e. The first-order chi connectivity index (χ1) is 16.1. The number of nitro benzene ring substituents is 1. The van der Waals surface area contributed by atoms with Gasteiger partial charge in [0, 0.05) is 28.4 Å². The predicted octanol–water partition coefficient (Wildman–Crippen LogP) is 3.39. The van der Waals surface area contributed by atoms with Crippen LogP contribution in [0.15, 0.2) is 41.3 Å². The molecular formula is C21H21FN2O8S2. The molecule has 2 saturated heterocycles. The van der Waals surface area contributed by atoms with Gasteiger partial charge in [-0.05, 0) is 48.6 Å². The van der Waals surface area contributed by atoms with Crippen molar-refractivity contribution in [1.82, 2.24) is 0 Å². The smallest absolute Gasteiger partial charge is 0.415 e. The van der Waals surface area contributed by atoms with Crippen molar-refractivity contribution in [3.63, 3.8) is 0 Å². The summed E-state index contributed by atoms with van der Waals surface area (Å²) in [6.07, 6.45) is -0.638. The number of cyclic esters (lactones) is 1. The van der Waals surface area contributed by atoms with Gasteiger partial charge < -0.3 is 4.74 Å². The molecule has 2 heterocycles. The molecule has 0 N–H and O–H groups in total. The zero-order valence-electron chi connectivity index (χ0n) is 18.0. The van der Waals surface area contributed by atoms with Crippen molar-refractivity contribution in [3.05, 3.63) is 63.5 Å². The molecule has 2 aliphatic heterocycles. The Morgan fingerprint density at radius 3 is 2.47 bits per heavy atom. The van der Waals surface area contributed by atoms with E-state index in [0.717, 1.165) is 24.1 Å². The monoisotopic (exact) mass is 512 g/mol. The molecule has 2 aliphatic rings. The Kier molecular flexibility index (Phi) is 6.69. The van der Waals surface area contributed by atoms with Gasteiger partial charge in [-0.2, -0.15) is 8.42 Å². The Bertz CT molecular complexity index is 1270. The van der Waals surface area contributed by atoms with Crippen molar-refractivity contribution >= 4 is 38.4 Å². The number of amides is 1. The van der Waals surface area contributed by atoms with E-state index >= 15 is 0 Å². The molecule has 1 unspecified atom stereocenters. The quantitative estimate of drug-likeness (QED) is 0.327. The van der Waals surface area contributed by atoms with E-state index < -0.39 is 54.4 Å². The normalized spacial score (nSPS) is 23.1. The summed E-state index contributed by atoms with van der Waals surface area (Å²) in [7, 11) is -4.09. The molecule has 182 valence electrons. The highest BCUT2D eigenvalue weighted by molar-refractivity contribution is 7.86.